The Bertz CT molecular complexity index is 1570. The van der Waals surface area contributed by atoms with Crippen LogP contribution in [0.2, 0.25) is 15.1 Å². The summed E-state index contributed by atoms with van der Waals surface area (Å²) in [5.41, 5.74) is 4.16. The van der Waals surface area contributed by atoms with Crippen LogP contribution < -0.4 is 5.01 Å². The lowest BCUT2D eigenvalue weighted by atomic mass is 10.0. The van der Waals surface area contributed by atoms with Crippen molar-refractivity contribution in [1.29, 1.82) is 0 Å². The number of furan rings is 1. The Kier molecular flexibility index (Phi) is 5.69. The highest BCUT2D eigenvalue weighted by molar-refractivity contribution is 6.35. The quantitative estimate of drug-likeness (QED) is 0.240. The van der Waals surface area contributed by atoms with E-state index in [1.54, 1.807) is 12.3 Å². The molecule has 0 saturated carbocycles. The predicted octanol–water partition coefficient (Wildman–Crippen LogP) is 8.21. The van der Waals surface area contributed by atoms with E-state index >= 15 is 0 Å². The minimum absolute atomic E-state index is 0.242. The Balaban J connectivity index is 1.55. The van der Waals surface area contributed by atoms with Crippen molar-refractivity contribution in [2.45, 2.75) is 12.5 Å². The molecule has 6 rings (SSSR count). The van der Waals surface area contributed by atoms with Crippen LogP contribution in [-0.2, 0) is 0 Å². The lowest BCUT2D eigenvalue weighted by Gasteiger charge is -2.24. The molecule has 0 saturated heterocycles. The van der Waals surface area contributed by atoms with Crippen molar-refractivity contribution in [2.24, 2.45) is 5.10 Å². The van der Waals surface area contributed by atoms with Gasteiger partial charge in [0.2, 0.25) is 5.95 Å². The molecule has 0 radical (unpaired) electrons. The van der Waals surface area contributed by atoms with Crippen LogP contribution in [0.15, 0.2) is 94.6 Å². The zero-order valence-electron chi connectivity index (χ0n) is 18.2. The van der Waals surface area contributed by atoms with Gasteiger partial charge in [0, 0.05) is 32.4 Å². The van der Waals surface area contributed by atoms with E-state index in [0.717, 1.165) is 33.4 Å². The Labute approximate surface area is 216 Å². The summed E-state index contributed by atoms with van der Waals surface area (Å²) in [7, 11) is 0. The van der Waals surface area contributed by atoms with E-state index in [1.165, 1.54) is 0 Å². The van der Waals surface area contributed by atoms with E-state index in [4.69, 9.17) is 54.3 Å². The molecule has 1 atom stereocenters. The molecule has 5 nitrogen and oxygen atoms in total. The third-order valence-corrected chi connectivity index (χ3v) is 6.73. The number of anilines is 1. The first-order valence-corrected chi connectivity index (χ1v) is 12.1. The largest absolute Gasteiger partial charge is 0.463 e. The standard InChI is InChI=1S/C27H17Cl3N4O/c28-17-9-11-22-20(13-17)26(16-5-2-1-3-6-16)32-27(31-22)34-24(19-10-8-18(29)14-21(19)30)15-23(33-34)25-7-4-12-35-25/h1-14,24H,15H2. The molecule has 0 N–H and O–H groups in total. The average Bonchev–Trinajstić information content (AvgIpc) is 3.54. The lowest BCUT2D eigenvalue weighted by molar-refractivity contribution is 0.556. The number of hydrazone groups is 1. The Hall–Kier alpha value is -3.38. The van der Waals surface area contributed by atoms with Gasteiger partial charge < -0.3 is 4.42 Å². The number of nitrogens with zero attached hydrogens (tertiary/aromatic N) is 4. The maximum absolute atomic E-state index is 6.63. The fourth-order valence-electron chi connectivity index (χ4n) is 4.31. The molecular weight excluding hydrogens is 503 g/mol. The first-order valence-electron chi connectivity index (χ1n) is 10.9. The molecule has 3 heterocycles. The first kappa shape index (κ1) is 22.1. The SMILES string of the molecule is Clc1ccc(C2CC(c3ccco3)=NN2c2nc(-c3ccccc3)c3cc(Cl)ccc3n2)c(Cl)c1. The van der Waals surface area contributed by atoms with Crippen molar-refractivity contribution in [2.75, 3.05) is 5.01 Å². The maximum Gasteiger partial charge on any atom is 0.247 e. The van der Waals surface area contributed by atoms with Gasteiger partial charge in [0.1, 0.15) is 11.5 Å². The van der Waals surface area contributed by atoms with Crippen LogP contribution in [0, 0.1) is 0 Å². The zero-order valence-corrected chi connectivity index (χ0v) is 20.5. The van der Waals surface area contributed by atoms with E-state index < -0.39 is 0 Å². The number of fused-ring (bicyclic) bond motifs is 1. The van der Waals surface area contributed by atoms with Crippen molar-refractivity contribution in [1.82, 2.24) is 9.97 Å². The lowest BCUT2D eigenvalue weighted by Crippen LogP contribution is -2.21. The van der Waals surface area contributed by atoms with Gasteiger partial charge in [0.25, 0.3) is 0 Å². The van der Waals surface area contributed by atoms with Crippen molar-refractivity contribution >= 4 is 57.4 Å². The summed E-state index contributed by atoms with van der Waals surface area (Å²) < 4.78 is 5.64. The molecular formula is C27H17Cl3N4O. The molecule has 2 aromatic heterocycles. The van der Waals surface area contributed by atoms with Crippen LogP contribution in [0.25, 0.3) is 22.2 Å². The van der Waals surface area contributed by atoms with E-state index in [0.29, 0.717) is 33.2 Å². The second-order valence-corrected chi connectivity index (χ2v) is 9.43. The van der Waals surface area contributed by atoms with Gasteiger partial charge in [-0.2, -0.15) is 5.10 Å². The van der Waals surface area contributed by atoms with E-state index in [-0.39, 0.29) is 6.04 Å². The highest BCUT2D eigenvalue weighted by Gasteiger charge is 2.34. The molecule has 0 bridgehead atoms. The summed E-state index contributed by atoms with van der Waals surface area (Å²) in [5, 5.41) is 9.32. The molecule has 8 heteroatoms. The van der Waals surface area contributed by atoms with Crippen LogP contribution in [-0.4, -0.2) is 15.7 Å². The molecule has 1 aliphatic heterocycles. The third kappa shape index (κ3) is 4.16. The summed E-state index contributed by atoms with van der Waals surface area (Å²) in [5.74, 6) is 1.15. The summed E-state index contributed by atoms with van der Waals surface area (Å²) in [6.45, 7) is 0. The molecule has 0 aliphatic carbocycles. The van der Waals surface area contributed by atoms with Crippen molar-refractivity contribution < 1.29 is 4.42 Å². The summed E-state index contributed by atoms with van der Waals surface area (Å²) in [6.07, 6.45) is 2.20. The second-order valence-electron chi connectivity index (χ2n) is 8.15. The maximum atomic E-state index is 6.63. The molecule has 5 aromatic rings. The van der Waals surface area contributed by atoms with Gasteiger partial charge >= 0.3 is 0 Å². The monoisotopic (exact) mass is 518 g/mol. The number of hydrogen-bond donors (Lipinski definition) is 0. The Morgan fingerprint density at radius 3 is 2.40 bits per heavy atom. The molecule has 1 unspecified atom stereocenters. The van der Waals surface area contributed by atoms with Crippen molar-refractivity contribution in [3.63, 3.8) is 0 Å². The van der Waals surface area contributed by atoms with Gasteiger partial charge in [-0.15, -0.1) is 0 Å². The minimum atomic E-state index is -0.242. The van der Waals surface area contributed by atoms with Gasteiger partial charge in [-0.1, -0.05) is 71.2 Å². The van der Waals surface area contributed by atoms with Crippen LogP contribution in [0.5, 0.6) is 0 Å². The number of benzene rings is 3. The molecule has 35 heavy (non-hydrogen) atoms. The fraction of sp³-hybridized carbons (Fsp3) is 0.0741. The zero-order chi connectivity index (χ0) is 23.9. The van der Waals surface area contributed by atoms with Gasteiger partial charge in [-0.25, -0.2) is 15.0 Å². The van der Waals surface area contributed by atoms with Crippen LogP contribution >= 0.6 is 34.8 Å². The van der Waals surface area contributed by atoms with E-state index in [1.807, 2.05) is 77.8 Å². The molecule has 172 valence electrons. The number of hydrogen-bond acceptors (Lipinski definition) is 5. The topological polar surface area (TPSA) is 54.5 Å². The third-order valence-electron chi connectivity index (χ3n) is 5.94. The van der Waals surface area contributed by atoms with Crippen LogP contribution in [0.4, 0.5) is 5.95 Å². The molecule has 3 aromatic carbocycles. The average molecular weight is 520 g/mol. The van der Waals surface area contributed by atoms with Crippen LogP contribution in [0.3, 0.4) is 0 Å². The number of aromatic nitrogens is 2. The highest BCUT2D eigenvalue weighted by atomic mass is 35.5. The number of rotatable bonds is 4. The van der Waals surface area contributed by atoms with E-state index in [2.05, 4.69) is 0 Å². The summed E-state index contributed by atoms with van der Waals surface area (Å²) in [6, 6.07) is 24.5. The highest BCUT2D eigenvalue weighted by Crippen LogP contribution is 2.40. The Morgan fingerprint density at radius 2 is 1.63 bits per heavy atom. The predicted molar refractivity (Wildman–Crippen MR) is 142 cm³/mol. The van der Waals surface area contributed by atoms with Crippen LogP contribution in [0.1, 0.15) is 23.8 Å². The van der Waals surface area contributed by atoms with Gasteiger partial charge in [-0.05, 0) is 48.0 Å². The summed E-state index contributed by atoms with van der Waals surface area (Å²) in [4.78, 5) is 9.85. The van der Waals surface area contributed by atoms with E-state index in [9.17, 15) is 0 Å². The fourth-order valence-corrected chi connectivity index (χ4v) is 5.01. The normalized spacial score (nSPS) is 15.6. The van der Waals surface area contributed by atoms with Gasteiger partial charge in [-0.3, -0.25) is 0 Å². The molecule has 1 aliphatic rings. The summed E-state index contributed by atoms with van der Waals surface area (Å²) >= 11 is 19.1. The molecule has 0 amide bonds. The number of halogens is 3. The van der Waals surface area contributed by atoms with Gasteiger partial charge in [0.15, 0.2) is 0 Å². The Morgan fingerprint density at radius 1 is 0.829 bits per heavy atom. The van der Waals surface area contributed by atoms with Gasteiger partial charge in [0.05, 0.1) is 23.5 Å². The molecule has 0 fully saturated rings. The molecule has 0 spiro atoms. The second kappa shape index (κ2) is 9.00. The first-order chi connectivity index (χ1) is 17.1. The van der Waals surface area contributed by atoms with Crippen molar-refractivity contribution in [3.05, 3.63) is 112 Å². The van der Waals surface area contributed by atoms with Crippen molar-refractivity contribution in [3.8, 4) is 11.3 Å². The smallest absolute Gasteiger partial charge is 0.247 e. The minimum Gasteiger partial charge on any atom is -0.463 e.